The van der Waals surface area contributed by atoms with Crippen LogP contribution in [0.5, 0.6) is 5.75 Å². The van der Waals surface area contributed by atoms with Gasteiger partial charge in [0.05, 0.1) is 16.8 Å². The summed E-state index contributed by atoms with van der Waals surface area (Å²) in [6.45, 7) is 9.30. The molecular formula is C33H31N5O2S. The summed E-state index contributed by atoms with van der Waals surface area (Å²) >= 11 is 1.33. The Morgan fingerprint density at radius 1 is 0.902 bits per heavy atom. The van der Waals surface area contributed by atoms with Crippen LogP contribution in [0.2, 0.25) is 0 Å². The van der Waals surface area contributed by atoms with Gasteiger partial charge in [-0.1, -0.05) is 81.5 Å². The third-order valence-corrected chi connectivity index (χ3v) is 7.80. The standard InChI is InChI=1S/C33H31N5O2S/c1-5-19-40-27-17-13-22(14-18-27)29-24(21-37(35-29)26-9-7-6-8-10-26)20-28-31(39)38-32(41-28)34-30(36-38)23-11-15-25(16-12-23)33(2,3)4/h6-18,20-21H,5,19H2,1-4H3. The van der Waals surface area contributed by atoms with Crippen LogP contribution in [0.4, 0.5) is 0 Å². The van der Waals surface area contributed by atoms with E-state index in [0.717, 1.165) is 40.2 Å². The average Bonchev–Trinajstić information content (AvgIpc) is 3.67. The van der Waals surface area contributed by atoms with E-state index in [1.807, 2.05) is 83.7 Å². The Balaban J connectivity index is 1.40. The minimum atomic E-state index is -0.197. The van der Waals surface area contributed by atoms with Crippen LogP contribution in [0.3, 0.4) is 0 Å². The second-order valence-corrected chi connectivity index (χ2v) is 12.0. The lowest BCUT2D eigenvalue weighted by Gasteiger charge is -2.18. The molecule has 0 aliphatic carbocycles. The predicted octanol–water partition coefficient (Wildman–Crippen LogP) is 6.30. The highest BCUT2D eigenvalue weighted by atomic mass is 32.1. The minimum Gasteiger partial charge on any atom is -0.494 e. The molecule has 0 unspecified atom stereocenters. The lowest BCUT2D eigenvalue weighted by molar-refractivity contribution is 0.317. The van der Waals surface area contributed by atoms with Crippen LogP contribution < -0.4 is 14.8 Å². The number of rotatable bonds is 7. The molecule has 206 valence electrons. The zero-order valence-electron chi connectivity index (χ0n) is 23.5. The molecule has 0 aliphatic rings. The first-order chi connectivity index (χ1) is 19.8. The molecule has 3 aromatic heterocycles. The molecule has 0 saturated carbocycles. The van der Waals surface area contributed by atoms with E-state index >= 15 is 0 Å². The predicted molar refractivity (Wildman–Crippen MR) is 165 cm³/mol. The van der Waals surface area contributed by atoms with Gasteiger partial charge in [-0.2, -0.15) is 14.6 Å². The van der Waals surface area contributed by atoms with Crippen molar-refractivity contribution >= 4 is 22.4 Å². The van der Waals surface area contributed by atoms with E-state index in [1.165, 1.54) is 21.4 Å². The molecule has 0 radical (unpaired) electrons. The van der Waals surface area contributed by atoms with Crippen molar-refractivity contribution in [3.8, 4) is 34.1 Å². The summed E-state index contributed by atoms with van der Waals surface area (Å²) < 4.78 is 9.54. The van der Waals surface area contributed by atoms with Gasteiger partial charge in [-0.25, -0.2) is 4.68 Å². The Morgan fingerprint density at radius 3 is 2.27 bits per heavy atom. The molecule has 0 atom stereocenters. The van der Waals surface area contributed by atoms with Crippen molar-refractivity contribution in [1.29, 1.82) is 0 Å². The van der Waals surface area contributed by atoms with E-state index in [1.54, 1.807) is 0 Å². The maximum atomic E-state index is 13.4. The van der Waals surface area contributed by atoms with Crippen molar-refractivity contribution in [3.05, 3.63) is 111 Å². The third kappa shape index (κ3) is 5.43. The lowest BCUT2D eigenvalue weighted by atomic mass is 9.87. The molecule has 6 rings (SSSR count). The van der Waals surface area contributed by atoms with E-state index < -0.39 is 0 Å². The molecule has 0 spiro atoms. The number of aromatic nitrogens is 5. The molecule has 0 aliphatic heterocycles. The van der Waals surface area contributed by atoms with Gasteiger partial charge in [0.25, 0.3) is 5.56 Å². The summed E-state index contributed by atoms with van der Waals surface area (Å²) in [6, 6.07) is 26.0. The van der Waals surface area contributed by atoms with Crippen LogP contribution in [0.15, 0.2) is 89.9 Å². The van der Waals surface area contributed by atoms with Crippen LogP contribution >= 0.6 is 11.3 Å². The molecule has 3 aromatic carbocycles. The van der Waals surface area contributed by atoms with E-state index in [-0.39, 0.29) is 11.0 Å². The highest BCUT2D eigenvalue weighted by Gasteiger charge is 2.17. The second-order valence-electron chi connectivity index (χ2n) is 11.0. The number of nitrogens with zero attached hydrogens (tertiary/aromatic N) is 5. The summed E-state index contributed by atoms with van der Waals surface area (Å²) in [7, 11) is 0. The van der Waals surface area contributed by atoms with E-state index in [4.69, 9.17) is 9.84 Å². The maximum Gasteiger partial charge on any atom is 0.291 e. The normalized spacial score (nSPS) is 12.3. The van der Waals surface area contributed by atoms with E-state index in [0.29, 0.717) is 21.9 Å². The Morgan fingerprint density at radius 2 is 1.61 bits per heavy atom. The van der Waals surface area contributed by atoms with E-state index in [9.17, 15) is 4.79 Å². The average molecular weight is 562 g/mol. The van der Waals surface area contributed by atoms with Gasteiger partial charge < -0.3 is 4.74 Å². The van der Waals surface area contributed by atoms with Crippen LogP contribution in [-0.2, 0) is 5.41 Å². The van der Waals surface area contributed by atoms with Gasteiger partial charge in [-0.05, 0) is 59.9 Å². The van der Waals surface area contributed by atoms with Crippen molar-refractivity contribution in [2.45, 2.75) is 39.5 Å². The van der Waals surface area contributed by atoms with Crippen LogP contribution in [0, 0.1) is 0 Å². The van der Waals surface area contributed by atoms with Crippen LogP contribution in [0.1, 0.15) is 45.2 Å². The fourth-order valence-electron chi connectivity index (χ4n) is 4.58. The summed E-state index contributed by atoms with van der Waals surface area (Å²) in [5, 5.41) is 9.45. The Hall–Kier alpha value is -4.56. The number of ether oxygens (including phenoxy) is 1. The molecule has 7 nitrogen and oxygen atoms in total. The number of para-hydroxylation sites is 1. The molecule has 0 fully saturated rings. The van der Waals surface area contributed by atoms with Gasteiger partial charge >= 0.3 is 0 Å². The molecule has 0 saturated heterocycles. The fraction of sp³-hybridized carbons (Fsp3) is 0.212. The summed E-state index contributed by atoms with van der Waals surface area (Å²) in [5.41, 5.74) is 5.45. The topological polar surface area (TPSA) is 74.3 Å². The van der Waals surface area contributed by atoms with Gasteiger partial charge in [0.15, 0.2) is 5.82 Å². The highest BCUT2D eigenvalue weighted by Crippen LogP contribution is 2.27. The molecule has 0 bridgehead atoms. The monoisotopic (exact) mass is 561 g/mol. The Kier molecular flexibility index (Phi) is 7.01. The maximum absolute atomic E-state index is 13.4. The molecular weight excluding hydrogens is 530 g/mol. The number of benzene rings is 3. The molecule has 3 heterocycles. The van der Waals surface area contributed by atoms with E-state index in [2.05, 4.69) is 49.9 Å². The molecule has 6 aromatic rings. The fourth-order valence-corrected chi connectivity index (χ4v) is 5.47. The SMILES string of the molecule is CCCOc1ccc(-c2nn(-c3ccccc3)cc2C=c2sc3nc(-c4ccc(C(C)(C)C)cc4)nn3c2=O)cc1. The number of hydrogen-bond acceptors (Lipinski definition) is 6. The van der Waals surface area contributed by atoms with Gasteiger partial charge in [-0.15, -0.1) is 5.10 Å². The Bertz CT molecular complexity index is 1910. The summed E-state index contributed by atoms with van der Waals surface area (Å²) in [6.07, 6.45) is 4.78. The zero-order chi connectivity index (χ0) is 28.6. The molecule has 0 amide bonds. The zero-order valence-corrected chi connectivity index (χ0v) is 24.4. The van der Waals surface area contributed by atoms with Crippen molar-refractivity contribution in [2.75, 3.05) is 6.61 Å². The first kappa shape index (κ1) is 26.7. The highest BCUT2D eigenvalue weighted by molar-refractivity contribution is 7.15. The minimum absolute atomic E-state index is 0.0610. The quantitative estimate of drug-likeness (QED) is 0.229. The molecule has 8 heteroatoms. The third-order valence-electron chi connectivity index (χ3n) is 6.84. The Labute approximate surface area is 242 Å². The number of hydrogen-bond donors (Lipinski definition) is 0. The van der Waals surface area contributed by atoms with Crippen LogP contribution in [-0.4, -0.2) is 31.0 Å². The first-order valence-electron chi connectivity index (χ1n) is 13.7. The van der Waals surface area contributed by atoms with Crippen molar-refractivity contribution < 1.29 is 4.74 Å². The first-order valence-corrected chi connectivity index (χ1v) is 14.5. The molecule has 41 heavy (non-hydrogen) atoms. The summed E-state index contributed by atoms with van der Waals surface area (Å²) in [4.78, 5) is 18.7. The smallest absolute Gasteiger partial charge is 0.291 e. The van der Waals surface area contributed by atoms with Gasteiger partial charge in [-0.3, -0.25) is 4.79 Å². The van der Waals surface area contributed by atoms with Crippen molar-refractivity contribution in [3.63, 3.8) is 0 Å². The lowest BCUT2D eigenvalue weighted by Crippen LogP contribution is -2.23. The van der Waals surface area contributed by atoms with Crippen molar-refractivity contribution in [1.82, 2.24) is 24.4 Å². The molecule has 0 N–H and O–H groups in total. The van der Waals surface area contributed by atoms with Gasteiger partial charge in [0, 0.05) is 22.9 Å². The largest absolute Gasteiger partial charge is 0.494 e. The van der Waals surface area contributed by atoms with Crippen LogP contribution in [0.25, 0.3) is 39.4 Å². The van der Waals surface area contributed by atoms with Gasteiger partial charge in [0.2, 0.25) is 4.96 Å². The number of fused-ring (bicyclic) bond motifs is 1. The number of thiazole rings is 1. The van der Waals surface area contributed by atoms with Gasteiger partial charge in [0.1, 0.15) is 11.4 Å². The summed E-state index contributed by atoms with van der Waals surface area (Å²) in [5.74, 6) is 1.36. The second kappa shape index (κ2) is 10.8. The van der Waals surface area contributed by atoms with Crippen molar-refractivity contribution in [2.24, 2.45) is 0 Å².